The van der Waals surface area contributed by atoms with Crippen LogP contribution in [0.1, 0.15) is 34.1 Å². The normalized spacial score (nSPS) is 11.4. The molecule has 0 saturated heterocycles. The number of aryl methyl sites for hydroxylation is 2. The zero-order chi connectivity index (χ0) is 23.6. The highest BCUT2D eigenvalue weighted by molar-refractivity contribution is 5.93. The fourth-order valence-corrected chi connectivity index (χ4v) is 3.09. The maximum atomic E-state index is 13.4. The summed E-state index contributed by atoms with van der Waals surface area (Å²) in [5.74, 6) is -1.24. The van der Waals surface area contributed by atoms with E-state index in [0.717, 1.165) is 10.1 Å². The number of fused-ring (bicyclic) bond motifs is 1. The molecule has 0 aliphatic heterocycles. The highest BCUT2D eigenvalue weighted by Gasteiger charge is 2.37. The van der Waals surface area contributed by atoms with Crippen LogP contribution in [0.5, 0.6) is 0 Å². The van der Waals surface area contributed by atoms with Gasteiger partial charge in [0.2, 0.25) is 11.6 Å². The van der Waals surface area contributed by atoms with E-state index in [0.29, 0.717) is 11.3 Å². The minimum atomic E-state index is -4.97. The van der Waals surface area contributed by atoms with Gasteiger partial charge in [-0.15, -0.1) is 0 Å². The number of nitrogens with one attached hydrogen (secondary N) is 1. The molecular weight excluding hydrogens is 427 g/mol. The minimum absolute atomic E-state index is 0.0355. The highest BCUT2D eigenvalue weighted by Crippen LogP contribution is 2.27. The molecule has 3 aromatic rings. The number of hydrogen-bond acceptors (Lipinski definition) is 5. The third-order valence-electron chi connectivity index (χ3n) is 4.81. The van der Waals surface area contributed by atoms with E-state index >= 15 is 0 Å². The molecule has 0 aliphatic rings. The van der Waals surface area contributed by atoms with Crippen molar-refractivity contribution in [2.24, 2.45) is 0 Å². The first-order valence-corrected chi connectivity index (χ1v) is 9.67. The number of ether oxygens (including phenoxy) is 1. The fraction of sp³-hybridized carbons (Fsp3) is 0.273. The van der Waals surface area contributed by atoms with Crippen LogP contribution in [0.25, 0.3) is 11.0 Å². The van der Waals surface area contributed by atoms with Crippen molar-refractivity contribution in [1.82, 2.24) is 9.55 Å². The Labute approximate surface area is 180 Å². The molecule has 0 fully saturated rings. The van der Waals surface area contributed by atoms with Crippen LogP contribution in [0, 0.1) is 13.8 Å². The van der Waals surface area contributed by atoms with Crippen LogP contribution in [-0.4, -0.2) is 28.0 Å². The summed E-state index contributed by atoms with van der Waals surface area (Å²) in [5, 5.41) is 2.51. The summed E-state index contributed by atoms with van der Waals surface area (Å²) < 4.78 is 45.7. The van der Waals surface area contributed by atoms with Crippen molar-refractivity contribution >= 4 is 28.6 Å². The largest absolute Gasteiger partial charge is 0.462 e. The summed E-state index contributed by atoms with van der Waals surface area (Å²) in [6.45, 7) is 4.69. The number of anilines is 1. The van der Waals surface area contributed by atoms with E-state index in [1.165, 1.54) is 36.4 Å². The highest BCUT2D eigenvalue weighted by atomic mass is 19.4. The van der Waals surface area contributed by atoms with Crippen LogP contribution in [0.4, 0.5) is 18.9 Å². The van der Waals surface area contributed by atoms with E-state index in [4.69, 9.17) is 4.74 Å². The number of alkyl halides is 3. The number of carbonyl (C=O) groups is 2. The molecule has 1 amide bonds. The average Bonchev–Trinajstić information content (AvgIpc) is 2.71. The van der Waals surface area contributed by atoms with Gasteiger partial charge in [-0.1, -0.05) is 0 Å². The third kappa shape index (κ3) is 4.79. The first kappa shape index (κ1) is 23.0. The number of benzene rings is 2. The molecule has 10 heteroatoms. The minimum Gasteiger partial charge on any atom is -0.462 e. The van der Waals surface area contributed by atoms with E-state index in [1.54, 1.807) is 20.8 Å². The number of hydrogen-bond donors (Lipinski definition) is 1. The molecule has 0 bridgehead atoms. The predicted octanol–water partition coefficient (Wildman–Crippen LogP) is 3.85. The Morgan fingerprint density at radius 3 is 2.31 bits per heavy atom. The second kappa shape index (κ2) is 8.81. The quantitative estimate of drug-likeness (QED) is 0.600. The molecule has 0 unspecified atom stereocenters. The monoisotopic (exact) mass is 447 g/mol. The lowest BCUT2D eigenvalue weighted by Gasteiger charge is -2.15. The van der Waals surface area contributed by atoms with Gasteiger partial charge in [-0.2, -0.15) is 13.2 Å². The summed E-state index contributed by atoms with van der Waals surface area (Å²) in [5.41, 5.74) is -0.873. The average molecular weight is 447 g/mol. The Balaban J connectivity index is 1.94. The fourth-order valence-electron chi connectivity index (χ4n) is 3.09. The molecule has 2 aromatic carbocycles. The Bertz CT molecular complexity index is 1250. The lowest BCUT2D eigenvalue weighted by Crippen LogP contribution is -2.34. The van der Waals surface area contributed by atoms with Gasteiger partial charge in [0, 0.05) is 5.69 Å². The van der Waals surface area contributed by atoms with Crippen molar-refractivity contribution in [3.8, 4) is 0 Å². The standard InChI is InChI=1S/C22H20F3N3O4/c1-4-32-21(31)14-5-7-15(8-6-14)26-18(29)11-28-17-10-13(3)12(2)9-16(17)27-19(20(28)30)22(23,24)25/h5-10H,4,11H2,1-3H3,(H,26,29). The maximum absolute atomic E-state index is 13.4. The van der Waals surface area contributed by atoms with E-state index < -0.39 is 35.9 Å². The molecule has 0 aliphatic carbocycles. The van der Waals surface area contributed by atoms with Crippen molar-refractivity contribution in [2.75, 3.05) is 11.9 Å². The Morgan fingerprint density at radius 2 is 1.72 bits per heavy atom. The third-order valence-corrected chi connectivity index (χ3v) is 4.81. The number of esters is 1. The van der Waals surface area contributed by atoms with E-state index in [2.05, 4.69) is 10.3 Å². The van der Waals surface area contributed by atoms with E-state index in [9.17, 15) is 27.6 Å². The van der Waals surface area contributed by atoms with Crippen molar-refractivity contribution in [2.45, 2.75) is 33.5 Å². The van der Waals surface area contributed by atoms with Gasteiger partial charge in [-0.3, -0.25) is 14.2 Å². The van der Waals surface area contributed by atoms with Crippen LogP contribution >= 0.6 is 0 Å². The van der Waals surface area contributed by atoms with Crippen molar-refractivity contribution < 1.29 is 27.5 Å². The van der Waals surface area contributed by atoms with Crippen molar-refractivity contribution in [3.05, 3.63) is 69.1 Å². The SMILES string of the molecule is CCOC(=O)c1ccc(NC(=O)Cn2c(=O)c(C(F)(F)F)nc3cc(C)c(C)cc32)cc1. The van der Waals surface area contributed by atoms with Gasteiger partial charge < -0.3 is 10.1 Å². The Hall–Kier alpha value is -3.69. The number of amides is 1. The molecule has 32 heavy (non-hydrogen) atoms. The van der Waals surface area contributed by atoms with Crippen LogP contribution in [0.15, 0.2) is 41.2 Å². The second-order valence-electron chi connectivity index (χ2n) is 7.12. The summed E-state index contributed by atoms with van der Waals surface area (Å²) in [7, 11) is 0. The number of halogens is 3. The van der Waals surface area contributed by atoms with Crippen molar-refractivity contribution in [1.29, 1.82) is 0 Å². The molecule has 1 aromatic heterocycles. The summed E-state index contributed by atoms with van der Waals surface area (Å²) in [4.78, 5) is 40.3. The van der Waals surface area contributed by atoms with Crippen LogP contribution in [0.3, 0.4) is 0 Å². The number of aromatic nitrogens is 2. The smallest absolute Gasteiger partial charge is 0.438 e. The van der Waals surface area contributed by atoms with Gasteiger partial charge in [0.05, 0.1) is 23.2 Å². The maximum Gasteiger partial charge on any atom is 0.438 e. The molecule has 0 saturated carbocycles. The van der Waals surface area contributed by atoms with Crippen LogP contribution in [-0.2, 0) is 22.3 Å². The molecule has 3 rings (SSSR count). The first-order valence-electron chi connectivity index (χ1n) is 9.67. The number of carbonyl (C=O) groups excluding carboxylic acids is 2. The van der Waals surface area contributed by atoms with Gasteiger partial charge in [-0.05, 0) is 68.3 Å². The molecule has 0 radical (unpaired) electrons. The summed E-state index contributed by atoms with van der Waals surface area (Å²) in [6, 6.07) is 8.76. The van der Waals surface area contributed by atoms with Gasteiger partial charge in [0.1, 0.15) is 6.54 Å². The Kier molecular flexibility index (Phi) is 6.33. The first-order chi connectivity index (χ1) is 15.0. The predicted molar refractivity (Wildman–Crippen MR) is 112 cm³/mol. The van der Waals surface area contributed by atoms with Crippen LogP contribution in [0.2, 0.25) is 0 Å². The van der Waals surface area contributed by atoms with E-state index in [-0.39, 0.29) is 23.2 Å². The molecule has 1 heterocycles. The van der Waals surface area contributed by atoms with Gasteiger partial charge in [0.15, 0.2) is 0 Å². The van der Waals surface area contributed by atoms with Gasteiger partial charge in [0.25, 0.3) is 5.56 Å². The second-order valence-corrected chi connectivity index (χ2v) is 7.12. The summed E-state index contributed by atoms with van der Waals surface area (Å²) >= 11 is 0. The van der Waals surface area contributed by atoms with Gasteiger partial charge in [-0.25, -0.2) is 9.78 Å². The molecule has 168 valence electrons. The lowest BCUT2D eigenvalue weighted by atomic mass is 10.1. The molecule has 1 N–H and O–H groups in total. The zero-order valence-electron chi connectivity index (χ0n) is 17.5. The topological polar surface area (TPSA) is 90.3 Å². The van der Waals surface area contributed by atoms with Gasteiger partial charge >= 0.3 is 12.1 Å². The van der Waals surface area contributed by atoms with E-state index in [1.807, 2.05) is 0 Å². The molecule has 0 atom stereocenters. The zero-order valence-corrected chi connectivity index (χ0v) is 17.5. The number of rotatable bonds is 5. The number of nitrogens with zero attached hydrogens (tertiary/aromatic N) is 2. The van der Waals surface area contributed by atoms with Crippen LogP contribution < -0.4 is 10.9 Å². The van der Waals surface area contributed by atoms with Crippen molar-refractivity contribution in [3.63, 3.8) is 0 Å². The molecule has 0 spiro atoms. The summed E-state index contributed by atoms with van der Waals surface area (Å²) in [6.07, 6.45) is -4.97. The molecular formula is C22H20F3N3O4. The Morgan fingerprint density at radius 1 is 1.09 bits per heavy atom. The molecule has 7 nitrogen and oxygen atoms in total. The lowest BCUT2D eigenvalue weighted by molar-refractivity contribution is -0.142.